The Kier molecular flexibility index (Phi) is 6.12. The van der Waals surface area contributed by atoms with E-state index in [9.17, 15) is 14.4 Å². The van der Waals surface area contributed by atoms with Crippen LogP contribution >= 0.6 is 0 Å². The molecule has 1 fully saturated rings. The van der Waals surface area contributed by atoms with Gasteiger partial charge in [0, 0.05) is 32.4 Å². The van der Waals surface area contributed by atoms with Gasteiger partial charge in [0.1, 0.15) is 5.69 Å². The third-order valence-electron chi connectivity index (χ3n) is 4.13. The Bertz CT molecular complexity index is 603. The topological polar surface area (TPSA) is 98.5 Å². The highest BCUT2D eigenvalue weighted by Gasteiger charge is 2.28. The normalized spacial score (nSPS) is 16.4. The first-order chi connectivity index (χ1) is 11.0. The summed E-state index contributed by atoms with van der Waals surface area (Å²) in [5.74, 6) is -0.307. The molecule has 0 spiro atoms. The standard InChI is InChI=1S/C15H24N4O4/c1-18-7-4-11(5-8-18)19(6-3-9-23-2)14(21)12-10-13(20)17-15(22)16-12/h10-11H,3-9H2,1-2H3,(H2,16,17,20,22). The molecule has 8 heteroatoms. The Morgan fingerprint density at radius 3 is 2.65 bits per heavy atom. The van der Waals surface area contributed by atoms with Crippen molar-refractivity contribution in [1.29, 1.82) is 0 Å². The van der Waals surface area contributed by atoms with Gasteiger partial charge in [0.2, 0.25) is 0 Å². The monoisotopic (exact) mass is 324 g/mol. The third kappa shape index (κ3) is 4.77. The van der Waals surface area contributed by atoms with E-state index in [1.165, 1.54) is 0 Å². The van der Waals surface area contributed by atoms with Crippen molar-refractivity contribution in [1.82, 2.24) is 19.8 Å². The lowest BCUT2D eigenvalue weighted by molar-refractivity contribution is 0.0557. The second-order valence-electron chi connectivity index (χ2n) is 5.88. The summed E-state index contributed by atoms with van der Waals surface area (Å²) in [4.78, 5) is 44.1. The number of ether oxygens (including phenoxy) is 1. The molecular formula is C15H24N4O4. The maximum atomic E-state index is 12.8. The lowest BCUT2D eigenvalue weighted by atomic mass is 10.0. The number of carbonyl (C=O) groups excluding carboxylic acids is 1. The first-order valence-corrected chi connectivity index (χ1v) is 7.83. The highest BCUT2D eigenvalue weighted by molar-refractivity contribution is 5.92. The molecule has 0 bridgehead atoms. The minimum Gasteiger partial charge on any atom is -0.385 e. The van der Waals surface area contributed by atoms with Crippen LogP contribution in [0.2, 0.25) is 0 Å². The zero-order chi connectivity index (χ0) is 16.8. The third-order valence-corrected chi connectivity index (χ3v) is 4.13. The lowest BCUT2D eigenvalue weighted by Gasteiger charge is -2.37. The average molecular weight is 324 g/mol. The molecule has 1 aliphatic rings. The van der Waals surface area contributed by atoms with E-state index in [0.717, 1.165) is 32.0 Å². The maximum absolute atomic E-state index is 12.8. The second kappa shape index (κ2) is 8.07. The van der Waals surface area contributed by atoms with Crippen molar-refractivity contribution in [2.75, 3.05) is 40.4 Å². The maximum Gasteiger partial charge on any atom is 0.326 e. The van der Waals surface area contributed by atoms with Gasteiger partial charge in [0.25, 0.3) is 11.5 Å². The molecule has 1 aliphatic heterocycles. The van der Waals surface area contributed by atoms with Crippen LogP contribution in [0, 0.1) is 0 Å². The summed E-state index contributed by atoms with van der Waals surface area (Å²) < 4.78 is 5.06. The van der Waals surface area contributed by atoms with Gasteiger partial charge < -0.3 is 19.5 Å². The molecule has 0 aliphatic carbocycles. The van der Waals surface area contributed by atoms with Gasteiger partial charge >= 0.3 is 5.69 Å². The number of carbonyl (C=O) groups is 1. The molecule has 1 aromatic rings. The number of piperidine rings is 1. The zero-order valence-electron chi connectivity index (χ0n) is 13.6. The molecule has 2 N–H and O–H groups in total. The molecule has 1 amide bonds. The fourth-order valence-corrected chi connectivity index (χ4v) is 2.87. The van der Waals surface area contributed by atoms with Crippen molar-refractivity contribution in [2.24, 2.45) is 0 Å². The zero-order valence-corrected chi connectivity index (χ0v) is 13.6. The molecule has 23 heavy (non-hydrogen) atoms. The minimum atomic E-state index is -0.666. The van der Waals surface area contributed by atoms with Gasteiger partial charge in [-0.05, 0) is 39.4 Å². The van der Waals surface area contributed by atoms with E-state index in [-0.39, 0.29) is 17.6 Å². The van der Waals surface area contributed by atoms with Crippen LogP contribution < -0.4 is 11.2 Å². The van der Waals surface area contributed by atoms with Crippen LogP contribution in [0.3, 0.4) is 0 Å². The first-order valence-electron chi connectivity index (χ1n) is 7.83. The van der Waals surface area contributed by atoms with Crippen LogP contribution in [0.1, 0.15) is 29.8 Å². The van der Waals surface area contributed by atoms with Gasteiger partial charge in [-0.2, -0.15) is 0 Å². The molecule has 2 heterocycles. The molecule has 1 saturated heterocycles. The Morgan fingerprint density at radius 2 is 2.04 bits per heavy atom. The Balaban J connectivity index is 2.19. The SMILES string of the molecule is COCCCN(C(=O)c1cc(=O)[nH]c(=O)[nH]1)C1CCN(C)CC1. The molecular weight excluding hydrogens is 300 g/mol. The van der Waals surface area contributed by atoms with Gasteiger partial charge in [-0.1, -0.05) is 0 Å². The van der Waals surface area contributed by atoms with E-state index in [1.54, 1.807) is 12.0 Å². The van der Waals surface area contributed by atoms with Crippen LogP contribution in [-0.4, -0.2) is 72.1 Å². The number of hydrogen-bond donors (Lipinski definition) is 2. The van der Waals surface area contributed by atoms with E-state index in [0.29, 0.717) is 19.6 Å². The number of hydrogen-bond acceptors (Lipinski definition) is 5. The van der Waals surface area contributed by atoms with Gasteiger partial charge in [0.05, 0.1) is 0 Å². The highest BCUT2D eigenvalue weighted by atomic mass is 16.5. The number of aromatic nitrogens is 2. The van der Waals surface area contributed by atoms with Crippen molar-refractivity contribution >= 4 is 5.91 Å². The van der Waals surface area contributed by atoms with Crippen LogP contribution in [0.25, 0.3) is 0 Å². The molecule has 0 atom stereocenters. The van der Waals surface area contributed by atoms with Crippen molar-refractivity contribution in [3.8, 4) is 0 Å². The molecule has 0 radical (unpaired) electrons. The summed E-state index contributed by atoms with van der Waals surface area (Å²) in [5.41, 5.74) is -1.20. The number of likely N-dealkylation sites (tertiary alicyclic amines) is 1. The fraction of sp³-hybridized carbons (Fsp3) is 0.667. The number of H-pyrrole nitrogens is 2. The van der Waals surface area contributed by atoms with Gasteiger partial charge in [0.15, 0.2) is 0 Å². The Labute approximate surface area is 134 Å². The molecule has 0 saturated carbocycles. The van der Waals surface area contributed by atoms with Crippen molar-refractivity contribution in [3.05, 3.63) is 32.6 Å². The average Bonchev–Trinajstić information content (AvgIpc) is 2.51. The molecule has 1 aromatic heterocycles. The fourth-order valence-electron chi connectivity index (χ4n) is 2.87. The number of amides is 1. The highest BCUT2D eigenvalue weighted by Crippen LogP contribution is 2.17. The molecule has 0 unspecified atom stereocenters. The summed E-state index contributed by atoms with van der Waals surface area (Å²) in [6, 6.07) is 1.25. The summed E-state index contributed by atoms with van der Waals surface area (Å²) in [6.45, 7) is 2.94. The van der Waals surface area contributed by atoms with Gasteiger partial charge in [-0.25, -0.2) is 4.79 Å². The largest absolute Gasteiger partial charge is 0.385 e. The van der Waals surface area contributed by atoms with Gasteiger partial charge in [-0.15, -0.1) is 0 Å². The summed E-state index contributed by atoms with van der Waals surface area (Å²) in [6.07, 6.45) is 2.47. The van der Waals surface area contributed by atoms with Crippen molar-refractivity contribution in [3.63, 3.8) is 0 Å². The molecule has 128 valence electrons. The predicted octanol–water partition coefficient (Wildman–Crippen LogP) is -0.364. The molecule has 0 aromatic carbocycles. The van der Waals surface area contributed by atoms with E-state index < -0.39 is 11.2 Å². The number of rotatable bonds is 6. The van der Waals surface area contributed by atoms with E-state index in [2.05, 4.69) is 21.9 Å². The smallest absolute Gasteiger partial charge is 0.326 e. The predicted molar refractivity (Wildman–Crippen MR) is 85.7 cm³/mol. The van der Waals surface area contributed by atoms with Crippen molar-refractivity contribution < 1.29 is 9.53 Å². The van der Waals surface area contributed by atoms with Crippen LogP contribution in [0.4, 0.5) is 0 Å². The van der Waals surface area contributed by atoms with Crippen molar-refractivity contribution in [2.45, 2.75) is 25.3 Å². The molecule has 8 nitrogen and oxygen atoms in total. The second-order valence-corrected chi connectivity index (χ2v) is 5.88. The molecule has 2 rings (SSSR count). The van der Waals surface area contributed by atoms with Crippen LogP contribution in [0.15, 0.2) is 15.7 Å². The van der Waals surface area contributed by atoms with Crippen LogP contribution in [0.5, 0.6) is 0 Å². The lowest BCUT2D eigenvalue weighted by Crippen LogP contribution is -2.48. The Morgan fingerprint density at radius 1 is 1.35 bits per heavy atom. The summed E-state index contributed by atoms with van der Waals surface area (Å²) in [5, 5.41) is 0. The number of nitrogens with zero attached hydrogens (tertiary/aromatic N) is 2. The summed E-state index contributed by atoms with van der Waals surface area (Å²) >= 11 is 0. The van der Waals surface area contributed by atoms with Gasteiger partial charge in [-0.3, -0.25) is 14.6 Å². The minimum absolute atomic E-state index is 0.0371. The Hall–Kier alpha value is -1.93. The van der Waals surface area contributed by atoms with E-state index in [4.69, 9.17) is 4.74 Å². The quantitative estimate of drug-likeness (QED) is 0.696. The van der Waals surface area contributed by atoms with E-state index in [1.807, 2.05) is 0 Å². The first kappa shape index (κ1) is 17.4. The van der Waals surface area contributed by atoms with Crippen LogP contribution in [-0.2, 0) is 4.74 Å². The summed E-state index contributed by atoms with van der Waals surface area (Å²) in [7, 11) is 3.68. The number of nitrogens with one attached hydrogen (secondary N) is 2. The van der Waals surface area contributed by atoms with E-state index >= 15 is 0 Å². The number of methoxy groups -OCH3 is 1. The number of aromatic amines is 2.